The summed E-state index contributed by atoms with van der Waals surface area (Å²) in [5.74, 6) is -1.63. The minimum atomic E-state index is -0.790. The summed E-state index contributed by atoms with van der Waals surface area (Å²) in [6.07, 6.45) is 1.64. The zero-order valence-corrected chi connectivity index (χ0v) is 14.1. The van der Waals surface area contributed by atoms with Gasteiger partial charge in [-0.15, -0.1) is 0 Å². The van der Waals surface area contributed by atoms with Gasteiger partial charge in [-0.1, -0.05) is 12.1 Å². The van der Waals surface area contributed by atoms with E-state index < -0.39 is 11.6 Å². The maximum absolute atomic E-state index is 13.8. The molecule has 25 heavy (non-hydrogen) atoms. The van der Waals surface area contributed by atoms with Gasteiger partial charge in [0, 0.05) is 12.6 Å². The molecule has 0 bridgehead atoms. The van der Waals surface area contributed by atoms with E-state index in [4.69, 9.17) is 0 Å². The number of amides is 1. The number of carbonyl (C=O) groups is 1. The molecule has 2 aromatic rings. The van der Waals surface area contributed by atoms with E-state index in [1.807, 2.05) is 0 Å². The molecule has 7 heteroatoms. The summed E-state index contributed by atoms with van der Waals surface area (Å²) in [6, 6.07) is 9.59. The number of aliphatic imine (C=N–C) groups is 1. The molecule has 1 N–H and O–H groups in total. The second kappa shape index (κ2) is 7.06. The van der Waals surface area contributed by atoms with Crippen molar-refractivity contribution >= 4 is 34.6 Å². The van der Waals surface area contributed by atoms with Gasteiger partial charge in [-0.2, -0.15) is 0 Å². The van der Waals surface area contributed by atoms with Crippen molar-refractivity contribution in [3.8, 4) is 5.75 Å². The fourth-order valence-corrected chi connectivity index (χ4v) is 3.37. The van der Waals surface area contributed by atoms with E-state index in [0.29, 0.717) is 22.2 Å². The molecular weight excluding hydrogens is 346 g/mol. The summed E-state index contributed by atoms with van der Waals surface area (Å²) >= 11 is 1.11. The van der Waals surface area contributed by atoms with Crippen LogP contribution in [0.25, 0.3) is 6.08 Å². The average Bonchev–Trinajstić information content (AvgIpc) is 2.85. The molecule has 0 aliphatic carbocycles. The highest BCUT2D eigenvalue weighted by Gasteiger charge is 2.32. The summed E-state index contributed by atoms with van der Waals surface area (Å²) in [7, 11) is 0. The lowest BCUT2D eigenvalue weighted by Gasteiger charge is -2.12. The highest BCUT2D eigenvalue weighted by molar-refractivity contribution is 8.18. The van der Waals surface area contributed by atoms with Crippen LogP contribution in [0.3, 0.4) is 0 Å². The van der Waals surface area contributed by atoms with Crippen molar-refractivity contribution in [2.24, 2.45) is 4.99 Å². The van der Waals surface area contributed by atoms with Crippen LogP contribution >= 0.6 is 11.8 Å². The molecule has 1 aliphatic heterocycles. The van der Waals surface area contributed by atoms with E-state index in [-0.39, 0.29) is 17.3 Å². The Morgan fingerprint density at radius 2 is 2.04 bits per heavy atom. The Balaban J connectivity index is 1.96. The molecule has 0 unspecified atom stereocenters. The molecule has 2 aromatic carbocycles. The number of rotatable bonds is 3. The number of benzene rings is 2. The standard InChI is InChI=1S/C18H14F2N2O2S/c1-2-22-17(24)16(9-11-4-3-5-13(23)8-11)25-18(22)21-15-7-6-12(19)10-14(15)20/h3-10,23H,2H2,1H3/b16-9+,21-18?. The number of halogens is 2. The van der Waals surface area contributed by atoms with Crippen molar-refractivity contribution in [2.45, 2.75) is 6.92 Å². The summed E-state index contributed by atoms with van der Waals surface area (Å²) in [5.41, 5.74) is 0.634. The second-order valence-corrected chi connectivity index (χ2v) is 6.25. The first-order valence-electron chi connectivity index (χ1n) is 7.52. The van der Waals surface area contributed by atoms with Gasteiger partial charge in [-0.05, 0) is 54.6 Å². The molecule has 0 spiro atoms. The number of carbonyl (C=O) groups excluding carboxylic acids is 1. The van der Waals surface area contributed by atoms with Crippen LogP contribution in [0.15, 0.2) is 52.4 Å². The molecule has 1 aliphatic rings. The van der Waals surface area contributed by atoms with Crippen molar-refractivity contribution < 1.29 is 18.7 Å². The van der Waals surface area contributed by atoms with Gasteiger partial charge in [0.1, 0.15) is 17.3 Å². The fourth-order valence-electron chi connectivity index (χ4n) is 2.31. The number of likely N-dealkylation sites (N-methyl/N-ethyl adjacent to an activating group) is 1. The van der Waals surface area contributed by atoms with Crippen molar-refractivity contribution in [2.75, 3.05) is 6.54 Å². The van der Waals surface area contributed by atoms with Crippen LogP contribution in [-0.2, 0) is 4.79 Å². The normalized spacial score (nSPS) is 17.7. The Morgan fingerprint density at radius 1 is 1.24 bits per heavy atom. The van der Waals surface area contributed by atoms with Gasteiger partial charge in [-0.3, -0.25) is 9.69 Å². The number of hydrogen-bond acceptors (Lipinski definition) is 4. The highest BCUT2D eigenvalue weighted by Crippen LogP contribution is 2.34. The number of thioether (sulfide) groups is 1. The largest absolute Gasteiger partial charge is 0.508 e. The van der Waals surface area contributed by atoms with E-state index in [2.05, 4.69) is 4.99 Å². The van der Waals surface area contributed by atoms with Gasteiger partial charge in [-0.25, -0.2) is 13.8 Å². The average molecular weight is 360 g/mol. The molecule has 0 radical (unpaired) electrons. The van der Waals surface area contributed by atoms with Gasteiger partial charge in [0.25, 0.3) is 5.91 Å². The Morgan fingerprint density at radius 3 is 2.72 bits per heavy atom. The smallest absolute Gasteiger partial charge is 0.266 e. The predicted octanol–water partition coefficient (Wildman–Crippen LogP) is 4.29. The third-order valence-electron chi connectivity index (χ3n) is 3.50. The minimum Gasteiger partial charge on any atom is -0.508 e. The fraction of sp³-hybridized carbons (Fsp3) is 0.111. The number of hydrogen-bond donors (Lipinski definition) is 1. The zero-order chi connectivity index (χ0) is 18.0. The Labute approximate surface area is 147 Å². The molecule has 1 heterocycles. The van der Waals surface area contributed by atoms with E-state index in [0.717, 1.165) is 23.9 Å². The number of phenolic OH excluding ortho intramolecular Hbond substituents is 1. The first-order chi connectivity index (χ1) is 12.0. The van der Waals surface area contributed by atoms with Crippen LogP contribution < -0.4 is 0 Å². The van der Waals surface area contributed by atoms with Crippen LogP contribution in [0.2, 0.25) is 0 Å². The monoisotopic (exact) mass is 360 g/mol. The van der Waals surface area contributed by atoms with Crippen LogP contribution in [0.1, 0.15) is 12.5 Å². The minimum absolute atomic E-state index is 0.0336. The van der Waals surface area contributed by atoms with Crippen molar-refractivity contribution in [1.29, 1.82) is 0 Å². The van der Waals surface area contributed by atoms with Gasteiger partial charge < -0.3 is 5.11 Å². The first-order valence-corrected chi connectivity index (χ1v) is 8.33. The molecule has 1 amide bonds. The molecule has 0 saturated carbocycles. The maximum atomic E-state index is 13.8. The zero-order valence-electron chi connectivity index (χ0n) is 13.2. The van der Waals surface area contributed by atoms with Crippen LogP contribution in [-0.4, -0.2) is 27.6 Å². The third kappa shape index (κ3) is 3.71. The first kappa shape index (κ1) is 17.2. The molecule has 128 valence electrons. The van der Waals surface area contributed by atoms with Gasteiger partial charge in [0.15, 0.2) is 11.0 Å². The molecule has 3 rings (SSSR count). The quantitative estimate of drug-likeness (QED) is 0.831. The second-order valence-electron chi connectivity index (χ2n) is 5.25. The summed E-state index contributed by atoms with van der Waals surface area (Å²) < 4.78 is 26.8. The Hall–Kier alpha value is -2.67. The van der Waals surface area contributed by atoms with E-state index >= 15 is 0 Å². The predicted molar refractivity (Wildman–Crippen MR) is 94.5 cm³/mol. The van der Waals surface area contributed by atoms with Gasteiger partial charge in [0.05, 0.1) is 4.91 Å². The highest BCUT2D eigenvalue weighted by atomic mass is 32.2. The number of nitrogens with zero attached hydrogens (tertiary/aromatic N) is 2. The Kier molecular flexibility index (Phi) is 4.85. The number of phenols is 1. The van der Waals surface area contributed by atoms with Crippen molar-refractivity contribution in [1.82, 2.24) is 4.90 Å². The van der Waals surface area contributed by atoms with Crippen LogP contribution in [0, 0.1) is 11.6 Å². The summed E-state index contributed by atoms with van der Waals surface area (Å²) in [6.45, 7) is 2.15. The summed E-state index contributed by atoms with van der Waals surface area (Å²) in [5, 5.41) is 9.85. The lowest BCUT2D eigenvalue weighted by atomic mass is 10.2. The SMILES string of the molecule is CCN1C(=O)/C(=C\c2cccc(O)c2)SC1=Nc1ccc(F)cc1F. The molecule has 0 atom stereocenters. The van der Waals surface area contributed by atoms with Crippen LogP contribution in [0.4, 0.5) is 14.5 Å². The molecule has 1 fully saturated rings. The third-order valence-corrected chi connectivity index (χ3v) is 4.50. The number of amidine groups is 1. The lowest BCUT2D eigenvalue weighted by molar-refractivity contribution is -0.122. The molecular formula is C18H14F2N2O2S. The van der Waals surface area contributed by atoms with E-state index in [1.54, 1.807) is 25.1 Å². The van der Waals surface area contributed by atoms with Crippen LogP contribution in [0.5, 0.6) is 5.75 Å². The molecule has 1 saturated heterocycles. The van der Waals surface area contributed by atoms with Crippen molar-refractivity contribution in [3.63, 3.8) is 0 Å². The van der Waals surface area contributed by atoms with Crippen molar-refractivity contribution in [3.05, 3.63) is 64.6 Å². The lowest BCUT2D eigenvalue weighted by Crippen LogP contribution is -2.28. The van der Waals surface area contributed by atoms with Gasteiger partial charge >= 0.3 is 0 Å². The maximum Gasteiger partial charge on any atom is 0.266 e. The molecule has 0 aromatic heterocycles. The summed E-state index contributed by atoms with van der Waals surface area (Å²) in [4.78, 5) is 18.5. The van der Waals surface area contributed by atoms with Gasteiger partial charge in [0.2, 0.25) is 0 Å². The Bertz CT molecular complexity index is 896. The molecule has 4 nitrogen and oxygen atoms in total. The van der Waals surface area contributed by atoms with E-state index in [1.165, 1.54) is 23.1 Å². The van der Waals surface area contributed by atoms with E-state index in [9.17, 15) is 18.7 Å². The number of aromatic hydroxyl groups is 1. The topological polar surface area (TPSA) is 52.9 Å².